The number of hydrogen-bond donors (Lipinski definition) is 3. The van der Waals surface area contributed by atoms with Crippen molar-refractivity contribution in [3.63, 3.8) is 0 Å². The van der Waals surface area contributed by atoms with E-state index in [0.717, 1.165) is 16.0 Å². The van der Waals surface area contributed by atoms with E-state index in [2.05, 4.69) is 10.3 Å². The highest BCUT2D eigenvalue weighted by atomic mass is 16.4. The Morgan fingerprint density at radius 1 is 1.55 bits per heavy atom. The third-order valence-corrected chi connectivity index (χ3v) is 3.40. The van der Waals surface area contributed by atoms with Crippen LogP contribution >= 0.6 is 0 Å². The molecule has 108 valence electrons. The number of amides is 2. The van der Waals surface area contributed by atoms with Gasteiger partial charge in [-0.3, -0.25) is 4.98 Å². The number of nitrogens with zero attached hydrogens (tertiary/aromatic N) is 2. The smallest absolute Gasteiger partial charge is 0.326 e. The highest BCUT2D eigenvalue weighted by Gasteiger charge is 2.38. The fourth-order valence-corrected chi connectivity index (χ4v) is 2.23. The Bertz CT molecular complexity index is 520. The number of carbonyl (C=O) groups excluding carboxylic acids is 1. The second-order valence-corrected chi connectivity index (χ2v) is 4.86. The molecule has 1 aromatic rings. The summed E-state index contributed by atoms with van der Waals surface area (Å²) in [6.45, 7) is 2.22. The number of likely N-dealkylation sites (tertiary alicyclic amines) is 1. The average Bonchev–Trinajstić information content (AvgIpc) is 2.80. The maximum Gasteiger partial charge on any atom is 0.326 e. The van der Waals surface area contributed by atoms with Gasteiger partial charge in [-0.15, -0.1) is 0 Å². The molecule has 0 radical (unpaired) electrons. The Balaban J connectivity index is 1.98. The first-order valence-corrected chi connectivity index (χ1v) is 6.34. The number of aliphatic carboxylic acids is 1. The van der Waals surface area contributed by atoms with Crippen LogP contribution in [0.15, 0.2) is 18.5 Å². The fourth-order valence-electron chi connectivity index (χ4n) is 2.23. The molecule has 0 bridgehead atoms. The highest BCUT2D eigenvalue weighted by Crippen LogP contribution is 2.18. The van der Waals surface area contributed by atoms with Crippen LogP contribution in [-0.4, -0.2) is 50.8 Å². The van der Waals surface area contributed by atoms with Crippen LogP contribution < -0.4 is 5.32 Å². The molecule has 1 fully saturated rings. The zero-order valence-electron chi connectivity index (χ0n) is 11.1. The summed E-state index contributed by atoms with van der Waals surface area (Å²) in [6.07, 6.45) is 2.59. The zero-order valence-corrected chi connectivity index (χ0v) is 11.1. The SMILES string of the molecule is Cc1ccncc1CNC(=O)N1C[C@H](O)C[C@@H]1C(=O)O. The van der Waals surface area contributed by atoms with Crippen LogP contribution in [0.5, 0.6) is 0 Å². The Morgan fingerprint density at radius 3 is 2.95 bits per heavy atom. The largest absolute Gasteiger partial charge is 0.480 e. The van der Waals surface area contributed by atoms with E-state index in [1.165, 1.54) is 0 Å². The number of aliphatic hydroxyl groups is 1. The molecule has 2 atom stereocenters. The molecule has 7 heteroatoms. The third-order valence-electron chi connectivity index (χ3n) is 3.40. The number of β-amino-alcohol motifs (C(OH)–C–C–N with tert-alkyl or cyclic N) is 1. The molecule has 1 aliphatic rings. The van der Waals surface area contributed by atoms with Gasteiger partial charge in [-0.25, -0.2) is 9.59 Å². The molecular formula is C13H17N3O4. The number of aryl methyl sites for hydroxylation is 1. The molecule has 1 aliphatic heterocycles. The monoisotopic (exact) mass is 279 g/mol. The van der Waals surface area contributed by atoms with Gasteiger partial charge in [0.25, 0.3) is 0 Å². The molecule has 0 spiro atoms. The van der Waals surface area contributed by atoms with Crippen LogP contribution in [0.3, 0.4) is 0 Å². The van der Waals surface area contributed by atoms with Crippen molar-refractivity contribution in [3.05, 3.63) is 29.6 Å². The first-order chi connectivity index (χ1) is 9.49. The first-order valence-electron chi connectivity index (χ1n) is 6.34. The minimum atomic E-state index is -1.10. The lowest BCUT2D eigenvalue weighted by atomic mass is 10.1. The van der Waals surface area contributed by atoms with Gasteiger partial charge in [-0.05, 0) is 24.1 Å². The van der Waals surface area contributed by atoms with E-state index in [-0.39, 0.29) is 19.5 Å². The summed E-state index contributed by atoms with van der Waals surface area (Å²) in [5.74, 6) is -1.10. The van der Waals surface area contributed by atoms with Crippen LogP contribution in [0.2, 0.25) is 0 Å². The number of carboxylic acid groups (broad SMARTS) is 1. The summed E-state index contributed by atoms with van der Waals surface area (Å²) in [4.78, 5) is 28.2. The topological polar surface area (TPSA) is 103 Å². The number of urea groups is 1. The second kappa shape index (κ2) is 5.87. The number of carbonyl (C=O) groups is 2. The summed E-state index contributed by atoms with van der Waals surface area (Å²) in [5.41, 5.74) is 1.86. The lowest BCUT2D eigenvalue weighted by Gasteiger charge is -2.21. The number of aliphatic hydroxyl groups excluding tert-OH is 1. The fraction of sp³-hybridized carbons (Fsp3) is 0.462. The summed E-state index contributed by atoms with van der Waals surface area (Å²) in [7, 11) is 0. The van der Waals surface area contributed by atoms with Crippen molar-refractivity contribution < 1.29 is 19.8 Å². The average molecular weight is 279 g/mol. The Labute approximate surface area is 116 Å². The van der Waals surface area contributed by atoms with Gasteiger partial charge in [-0.1, -0.05) is 0 Å². The van der Waals surface area contributed by atoms with E-state index in [1.54, 1.807) is 12.4 Å². The summed E-state index contributed by atoms with van der Waals surface area (Å²) < 4.78 is 0. The number of carboxylic acids is 1. The van der Waals surface area contributed by atoms with Crippen molar-refractivity contribution in [2.75, 3.05) is 6.54 Å². The van der Waals surface area contributed by atoms with Crippen LogP contribution in [0, 0.1) is 6.92 Å². The van der Waals surface area contributed by atoms with Crippen molar-refractivity contribution in [3.8, 4) is 0 Å². The lowest BCUT2D eigenvalue weighted by molar-refractivity contribution is -0.141. The van der Waals surface area contributed by atoms with Gasteiger partial charge in [-0.2, -0.15) is 0 Å². The summed E-state index contributed by atoms with van der Waals surface area (Å²) in [6, 6.07) is 0.374. The summed E-state index contributed by atoms with van der Waals surface area (Å²) in [5, 5.41) is 21.2. The third kappa shape index (κ3) is 3.05. The first kappa shape index (κ1) is 14.3. The van der Waals surface area contributed by atoms with Gasteiger partial charge in [0.05, 0.1) is 6.10 Å². The number of rotatable bonds is 3. The maximum absolute atomic E-state index is 12.0. The molecule has 1 saturated heterocycles. The highest BCUT2D eigenvalue weighted by molar-refractivity contribution is 5.83. The molecule has 1 aromatic heterocycles. The van der Waals surface area contributed by atoms with Crippen LogP contribution in [-0.2, 0) is 11.3 Å². The predicted octanol–water partition coefficient (Wildman–Crippen LogP) is 0.119. The molecule has 2 heterocycles. The van der Waals surface area contributed by atoms with Crippen LogP contribution in [0.1, 0.15) is 17.5 Å². The van der Waals surface area contributed by atoms with Gasteiger partial charge in [0.15, 0.2) is 0 Å². The van der Waals surface area contributed by atoms with E-state index in [4.69, 9.17) is 5.11 Å². The quantitative estimate of drug-likeness (QED) is 0.729. The number of pyridine rings is 1. The van der Waals surface area contributed by atoms with Gasteiger partial charge in [0.1, 0.15) is 6.04 Å². The lowest BCUT2D eigenvalue weighted by Crippen LogP contribution is -2.46. The number of hydrogen-bond acceptors (Lipinski definition) is 4. The maximum atomic E-state index is 12.0. The molecule has 0 unspecified atom stereocenters. The van der Waals surface area contributed by atoms with E-state index in [9.17, 15) is 14.7 Å². The van der Waals surface area contributed by atoms with Crippen molar-refractivity contribution >= 4 is 12.0 Å². The van der Waals surface area contributed by atoms with Crippen molar-refractivity contribution in [1.29, 1.82) is 0 Å². The molecule has 3 N–H and O–H groups in total. The van der Waals surface area contributed by atoms with E-state index >= 15 is 0 Å². The Hall–Kier alpha value is -2.15. The number of nitrogens with one attached hydrogen (secondary N) is 1. The zero-order chi connectivity index (χ0) is 14.7. The van der Waals surface area contributed by atoms with Crippen LogP contribution in [0.4, 0.5) is 4.79 Å². The standard InChI is InChI=1S/C13H17N3O4/c1-8-2-3-14-5-9(8)6-15-13(20)16-7-10(17)4-11(16)12(18)19/h2-3,5,10-11,17H,4,6-7H2,1H3,(H,15,20)(H,18,19)/t10-,11-/m1/s1. The van der Waals surface area contributed by atoms with Gasteiger partial charge in [0, 0.05) is 31.9 Å². The molecule has 0 aliphatic carbocycles. The Kier molecular flexibility index (Phi) is 4.19. The van der Waals surface area contributed by atoms with Crippen LogP contribution in [0.25, 0.3) is 0 Å². The molecular weight excluding hydrogens is 262 g/mol. The predicted molar refractivity (Wildman–Crippen MR) is 70.0 cm³/mol. The molecule has 2 amide bonds. The Morgan fingerprint density at radius 2 is 2.30 bits per heavy atom. The molecule has 2 rings (SSSR count). The van der Waals surface area contributed by atoms with E-state index in [0.29, 0.717) is 0 Å². The van der Waals surface area contributed by atoms with Crippen molar-refractivity contribution in [1.82, 2.24) is 15.2 Å². The molecule has 0 saturated carbocycles. The second-order valence-electron chi connectivity index (χ2n) is 4.86. The van der Waals surface area contributed by atoms with Crippen molar-refractivity contribution in [2.45, 2.75) is 32.0 Å². The number of aromatic nitrogens is 1. The normalized spacial score (nSPS) is 21.8. The molecule has 7 nitrogen and oxygen atoms in total. The minimum Gasteiger partial charge on any atom is -0.480 e. The van der Waals surface area contributed by atoms with Crippen molar-refractivity contribution in [2.24, 2.45) is 0 Å². The molecule has 20 heavy (non-hydrogen) atoms. The van der Waals surface area contributed by atoms with Gasteiger partial charge in [0.2, 0.25) is 0 Å². The van der Waals surface area contributed by atoms with Gasteiger partial charge < -0.3 is 20.4 Å². The van der Waals surface area contributed by atoms with Gasteiger partial charge >= 0.3 is 12.0 Å². The summed E-state index contributed by atoms with van der Waals surface area (Å²) >= 11 is 0. The van der Waals surface area contributed by atoms with E-state index < -0.39 is 24.1 Å². The van der Waals surface area contributed by atoms with E-state index in [1.807, 2.05) is 13.0 Å². The minimum absolute atomic E-state index is 0.0365. The molecule has 0 aromatic carbocycles.